The van der Waals surface area contributed by atoms with Crippen LogP contribution in [0.1, 0.15) is 146 Å². The first-order valence-corrected chi connectivity index (χ1v) is 38.0. The van der Waals surface area contributed by atoms with Gasteiger partial charge in [0.05, 0.1) is 59.4 Å². The molecule has 0 fully saturated rings. The van der Waals surface area contributed by atoms with Crippen LogP contribution in [0.25, 0.3) is 0 Å². The zero-order valence-corrected chi connectivity index (χ0v) is 62.4. The van der Waals surface area contributed by atoms with Crippen LogP contribution in [0.3, 0.4) is 0 Å². The molecule has 29 heteroatoms. The molecule has 0 aliphatic carbocycles. The second-order valence-corrected chi connectivity index (χ2v) is 29.0. The predicted octanol–water partition coefficient (Wildman–Crippen LogP) is 19.6. The van der Waals surface area contributed by atoms with E-state index in [9.17, 15) is 32.3 Å². The number of ether oxygens (including phenoxy) is 12. The molecule has 6 aromatic heterocycles. The molecule has 108 heavy (non-hydrogen) atoms. The molecule has 12 aromatic rings. The van der Waals surface area contributed by atoms with Gasteiger partial charge in [0, 0.05) is 22.9 Å². The Morgan fingerprint density at radius 3 is 1.19 bits per heavy atom. The van der Waals surface area contributed by atoms with Crippen molar-refractivity contribution in [3.8, 4) is 66.8 Å². The molecule has 6 aromatic carbocycles. The molecule has 554 valence electrons. The van der Waals surface area contributed by atoms with Crippen molar-refractivity contribution in [2.24, 2.45) is 0 Å². The number of hydrogen-bond acceptors (Lipinski definition) is 26. The van der Waals surface area contributed by atoms with Gasteiger partial charge in [0.1, 0.15) is 107 Å². The average Bonchev–Trinajstić information content (AvgIpc) is 1.01. The molecule has 10 heterocycles. The van der Waals surface area contributed by atoms with E-state index in [4.69, 9.17) is 42.6 Å². The maximum absolute atomic E-state index is 14.0. The predicted molar refractivity (Wildman–Crippen MR) is 397 cm³/mol. The van der Waals surface area contributed by atoms with Crippen molar-refractivity contribution in [2.45, 2.75) is 89.1 Å². The number of thiophene rings is 1. The summed E-state index contributed by atoms with van der Waals surface area (Å²) in [5, 5.41) is 5.70. The minimum absolute atomic E-state index is 0.0806. The summed E-state index contributed by atoms with van der Waals surface area (Å²) in [6.07, 6.45) is 15.3. The maximum Gasteiger partial charge on any atom is 0.349 e. The molecule has 16 rings (SSSR count). The van der Waals surface area contributed by atoms with E-state index in [0.717, 1.165) is 141 Å². The van der Waals surface area contributed by atoms with Gasteiger partial charge >= 0.3 is 23.9 Å². The van der Waals surface area contributed by atoms with Crippen molar-refractivity contribution in [3.05, 3.63) is 262 Å². The normalized spacial score (nSPS) is 15.6. The lowest BCUT2D eigenvalue weighted by molar-refractivity contribution is 0.0597. The minimum atomic E-state index is -0.545. The molecule has 0 saturated heterocycles. The van der Waals surface area contributed by atoms with Crippen LogP contribution in [0.4, 0.5) is 13.2 Å². The number of carbonyl (C=O) groups excluding carboxylic acids is 4. The highest BCUT2D eigenvalue weighted by Crippen LogP contribution is 2.44. The number of methoxy groups -OCH3 is 4. The SMILES string of the molecule is CCc1ccccc1C1CCc2cc(Oc3ncc(C(=O)OC)s3)ccc2O1.COC(=O)c1cnc(Oc2ccc3c(c2)CCC(c2cc(F)ccc2F)O3)s1.COC(=O)c1cnc(Oc2ccc3c(c2)CCC(c2ccsc2)O3)s1.COC(=O)c1cnc(Oc2ccc3c(c2)CCC(c2cncc(F)c2)O3)s1. The number of rotatable bonds is 17. The number of aryl methyl sites for hydroxylation is 5. The lowest BCUT2D eigenvalue weighted by Crippen LogP contribution is -2.16. The van der Waals surface area contributed by atoms with E-state index < -0.39 is 41.6 Å². The molecule has 4 atom stereocenters. The van der Waals surface area contributed by atoms with Gasteiger partial charge in [-0.05, 0) is 205 Å². The number of fused-ring (bicyclic) bond motifs is 4. The van der Waals surface area contributed by atoms with E-state index in [1.165, 1.54) is 88.2 Å². The van der Waals surface area contributed by atoms with E-state index in [0.29, 0.717) is 88.3 Å². The largest absolute Gasteiger partial charge is 0.485 e. The van der Waals surface area contributed by atoms with Crippen molar-refractivity contribution in [1.29, 1.82) is 0 Å². The number of nitrogens with zero attached hydrogens (tertiary/aromatic N) is 5. The summed E-state index contributed by atoms with van der Waals surface area (Å²) in [6, 6.07) is 37.6. The fourth-order valence-corrected chi connectivity index (χ4v) is 15.5. The number of carbonyl (C=O) groups is 4. The zero-order valence-electron chi connectivity index (χ0n) is 58.4. The van der Waals surface area contributed by atoms with E-state index in [-0.39, 0.29) is 29.7 Å². The number of pyridine rings is 1. The molecule has 4 aliphatic heterocycles. The molecule has 0 amide bonds. The highest BCUT2D eigenvalue weighted by molar-refractivity contribution is 7.16. The topological polar surface area (TPSA) is 243 Å². The van der Waals surface area contributed by atoms with Gasteiger partial charge < -0.3 is 56.8 Å². The second-order valence-electron chi connectivity index (χ2n) is 24.2. The smallest absolute Gasteiger partial charge is 0.349 e. The van der Waals surface area contributed by atoms with Crippen LogP contribution in [0.5, 0.6) is 66.8 Å². The molecule has 0 spiro atoms. The first-order chi connectivity index (χ1) is 52.5. The van der Waals surface area contributed by atoms with Gasteiger partial charge in [-0.15, -0.1) is 0 Å². The summed E-state index contributed by atoms with van der Waals surface area (Å²) in [7, 11) is 5.31. The first-order valence-electron chi connectivity index (χ1n) is 33.8. The Kier molecular flexibility index (Phi) is 24.3. The minimum Gasteiger partial charge on any atom is -0.485 e. The standard InChI is InChI=1S/C22H21NO4S.C20H15F2NO4S.C19H15FN2O4S.C18H15NO4S2/c1-3-14-6-4-5-7-17(14)19-10-8-15-12-16(9-11-18(15)27-19)26-22-23-13-20(28-22)21(24)25-2;1-25-19(24)18-10-23-20(28-18)26-13-4-7-16-11(8-13)2-6-17(27-16)14-9-12(21)3-5-15(14)22;1-24-18(23)17-10-22-19(27-17)25-14-3-5-15-11(7-14)2-4-16(26-15)12-6-13(20)9-21-8-12;1-21-17(20)16-9-19-18(25-16)22-13-3-5-14-11(8-13)2-4-15(23-14)12-6-7-24-10-12/h4-7,9,11-13,19H,3,8,10H2,1-2H3;3-5,7-10,17H,2,6H2,1H3;3,5-10,16H,2,4H2,1H3;3,5-10,15H,2,4H2,1H3. The highest BCUT2D eigenvalue weighted by Gasteiger charge is 2.29. The van der Waals surface area contributed by atoms with Crippen LogP contribution in [-0.4, -0.2) is 77.2 Å². The molecule has 4 aliphatic rings. The number of aromatic nitrogens is 5. The summed E-state index contributed by atoms with van der Waals surface area (Å²) >= 11 is 6.20. The molecule has 0 saturated carbocycles. The molecular weight excluding hydrogens is 1490 g/mol. The third-order valence-corrected chi connectivity index (χ3v) is 21.4. The Balaban J connectivity index is 0.000000127. The van der Waals surface area contributed by atoms with Crippen molar-refractivity contribution < 1.29 is 89.2 Å². The van der Waals surface area contributed by atoms with E-state index in [1.54, 1.807) is 35.7 Å². The Morgan fingerprint density at radius 2 is 0.806 bits per heavy atom. The molecular formula is C79H66F3N5O16S5. The molecule has 0 N–H and O–H groups in total. The van der Waals surface area contributed by atoms with Gasteiger partial charge in [-0.1, -0.05) is 76.5 Å². The third kappa shape index (κ3) is 18.6. The third-order valence-electron chi connectivity index (χ3n) is 17.3. The molecule has 21 nitrogen and oxygen atoms in total. The van der Waals surface area contributed by atoms with Gasteiger partial charge in [0.25, 0.3) is 20.8 Å². The van der Waals surface area contributed by atoms with Crippen LogP contribution >= 0.6 is 56.7 Å². The lowest BCUT2D eigenvalue weighted by atomic mass is 9.93. The van der Waals surface area contributed by atoms with E-state index in [1.807, 2.05) is 54.6 Å². The monoisotopic (exact) mass is 1560 g/mol. The summed E-state index contributed by atoms with van der Waals surface area (Å²) in [6.45, 7) is 2.17. The summed E-state index contributed by atoms with van der Waals surface area (Å²) in [5.41, 5.74) is 8.90. The number of thiazole rings is 4. The van der Waals surface area contributed by atoms with E-state index >= 15 is 0 Å². The second kappa shape index (κ2) is 35.0. The van der Waals surface area contributed by atoms with Crippen molar-refractivity contribution in [3.63, 3.8) is 0 Å². The molecule has 0 bridgehead atoms. The number of esters is 4. The summed E-state index contributed by atoms with van der Waals surface area (Å²) in [5.74, 6) is 2.54. The fourth-order valence-electron chi connectivity index (χ4n) is 12.0. The first kappa shape index (κ1) is 75.0. The highest BCUT2D eigenvalue weighted by atomic mass is 32.1. The van der Waals surface area contributed by atoms with Crippen LogP contribution in [0, 0.1) is 17.5 Å². The lowest BCUT2D eigenvalue weighted by Gasteiger charge is -2.28. The zero-order chi connectivity index (χ0) is 75.2. The van der Waals surface area contributed by atoms with Crippen molar-refractivity contribution in [2.75, 3.05) is 28.4 Å². The number of benzene rings is 6. The van der Waals surface area contributed by atoms with Gasteiger partial charge in [0.2, 0.25) is 0 Å². The Hall–Kier alpha value is -11.2. The van der Waals surface area contributed by atoms with Gasteiger partial charge in [-0.3, -0.25) is 4.98 Å². The van der Waals surface area contributed by atoms with Gasteiger partial charge in [-0.2, -0.15) is 11.3 Å². The Morgan fingerprint density at radius 1 is 0.417 bits per heavy atom. The Bertz CT molecular complexity index is 5190. The summed E-state index contributed by atoms with van der Waals surface area (Å²) < 4.78 is 107. The quantitative estimate of drug-likeness (QED) is 0.0607. The van der Waals surface area contributed by atoms with Gasteiger partial charge in [0.15, 0.2) is 0 Å². The maximum atomic E-state index is 14.0. The van der Waals surface area contributed by atoms with Crippen LogP contribution in [0.15, 0.2) is 175 Å². The number of halogens is 3. The van der Waals surface area contributed by atoms with Crippen molar-refractivity contribution >= 4 is 80.6 Å². The average molecular weight is 1560 g/mol. The van der Waals surface area contributed by atoms with Crippen LogP contribution < -0.4 is 37.9 Å². The van der Waals surface area contributed by atoms with Crippen molar-refractivity contribution in [1.82, 2.24) is 24.9 Å². The molecule has 0 radical (unpaired) electrons. The van der Waals surface area contributed by atoms with Gasteiger partial charge in [-0.25, -0.2) is 52.3 Å². The van der Waals surface area contributed by atoms with E-state index in [2.05, 4.69) is 87.1 Å². The van der Waals surface area contributed by atoms with Crippen LogP contribution in [0.2, 0.25) is 0 Å². The Labute approximate surface area is 637 Å². The summed E-state index contributed by atoms with van der Waals surface area (Å²) in [4.78, 5) is 67.8. The number of hydrogen-bond donors (Lipinski definition) is 0. The molecule has 4 unspecified atom stereocenters. The fraction of sp³-hybridized carbons (Fsp3) is 0.228. The van der Waals surface area contributed by atoms with Crippen LogP contribution in [-0.2, 0) is 51.1 Å².